The van der Waals surface area contributed by atoms with Crippen molar-refractivity contribution in [3.05, 3.63) is 63.9 Å². The maximum absolute atomic E-state index is 11.7. The number of nitrogens with one attached hydrogen (secondary N) is 1. The number of thioether (sulfide) groups is 1. The van der Waals surface area contributed by atoms with Crippen molar-refractivity contribution in [2.45, 2.75) is 12.7 Å². The van der Waals surface area contributed by atoms with Crippen molar-refractivity contribution in [3.8, 4) is 0 Å². The fraction of sp³-hybridized carbons (Fsp3) is 0.235. The maximum Gasteiger partial charge on any atom is 0.244 e. The van der Waals surface area contributed by atoms with E-state index in [4.69, 9.17) is 0 Å². The Bertz CT molecular complexity index is 590. The van der Waals surface area contributed by atoms with Crippen LogP contribution in [0.1, 0.15) is 15.3 Å². The van der Waals surface area contributed by atoms with Gasteiger partial charge in [-0.25, -0.2) is 0 Å². The minimum Gasteiger partial charge on any atom is -0.352 e. The first kappa shape index (κ1) is 15.9. The molecule has 0 saturated heterocycles. The molecule has 0 saturated carbocycles. The molecule has 0 radical (unpaired) electrons. The van der Waals surface area contributed by atoms with Crippen LogP contribution in [-0.2, 0) is 10.5 Å². The molecule has 0 aliphatic rings. The van der Waals surface area contributed by atoms with Crippen LogP contribution in [-0.4, -0.2) is 18.2 Å². The summed E-state index contributed by atoms with van der Waals surface area (Å²) in [5.74, 6) is 1.88. The number of hydrogen-bond acceptors (Lipinski definition) is 3. The number of thiophene rings is 1. The summed E-state index contributed by atoms with van der Waals surface area (Å²) < 4.78 is 0. The predicted molar refractivity (Wildman–Crippen MR) is 93.7 cm³/mol. The lowest BCUT2D eigenvalue weighted by Gasteiger charge is -2.03. The molecule has 1 N–H and O–H groups in total. The summed E-state index contributed by atoms with van der Waals surface area (Å²) in [5.41, 5.74) is 1.32. The second-order valence-electron chi connectivity index (χ2n) is 4.61. The molecule has 2 aromatic rings. The molecule has 1 aromatic carbocycles. The summed E-state index contributed by atoms with van der Waals surface area (Å²) in [5, 5.41) is 2.90. The van der Waals surface area contributed by atoms with Crippen LogP contribution >= 0.6 is 23.1 Å². The molecule has 0 aliphatic carbocycles. The molecule has 0 atom stereocenters. The Morgan fingerprint density at radius 1 is 1.24 bits per heavy atom. The van der Waals surface area contributed by atoms with Crippen LogP contribution in [0.3, 0.4) is 0 Å². The zero-order valence-corrected chi connectivity index (χ0v) is 13.7. The number of rotatable bonds is 7. The van der Waals surface area contributed by atoms with Crippen LogP contribution in [0.2, 0.25) is 0 Å². The third-order valence-corrected chi connectivity index (χ3v) is 4.81. The zero-order chi connectivity index (χ0) is 14.9. The number of hydrogen-bond donors (Lipinski definition) is 1. The van der Waals surface area contributed by atoms with E-state index >= 15 is 0 Å². The van der Waals surface area contributed by atoms with Crippen molar-refractivity contribution >= 4 is 35.1 Å². The second kappa shape index (κ2) is 8.70. The average molecular weight is 317 g/mol. The summed E-state index contributed by atoms with van der Waals surface area (Å²) in [6.45, 7) is 2.76. The van der Waals surface area contributed by atoms with E-state index in [1.54, 1.807) is 17.4 Å². The van der Waals surface area contributed by atoms with Gasteiger partial charge in [-0.15, -0.1) is 11.3 Å². The molecular formula is C17H19NOS2. The molecule has 0 unspecified atom stereocenters. The van der Waals surface area contributed by atoms with Gasteiger partial charge in [0, 0.05) is 33.9 Å². The molecule has 1 heterocycles. The van der Waals surface area contributed by atoms with Crippen LogP contribution in [0.15, 0.2) is 48.5 Å². The van der Waals surface area contributed by atoms with Crippen LogP contribution < -0.4 is 5.32 Å². The Morgan fingerprint density at radius 3 is 2.76 bits per heavy atom. The normalized spacial score (nSPS) is 10.9. The molecule has 2 nitrogen and oxygen atoms in total. The summed E-state index contributed by atoms with van der Waals surface area (Å²) >= 11 is 3.52. The highest BCUT2D eigenvalue weighted by molar-refractivity contribution is 7.98. The molecule has 0 aliphatic heterocycles. The molecule has 110 valence electrons. The van der Waals surface area contributed by atoms with Gasteiger partial charge in [0.25, 0.3) is 0 Å². The van der Waals surface area contributed by atoms with Gasteiger partial charge in [0.2, 0.25) is 5.91 Å². The first-order valence-corrected chi connectivity index (χ1v) is 8.85. The fourth-order valence-corrected chi connectivity index (χ4v) is 3.37. The van der Waals surface area contributed by atoms with Gasteiger partial charge in [0.05, 0.1) is 0 Å². The first-order chi connectivity index (χ1) is 10.2. The third kappa shape index (κ3) is 6.19. The van der Waals surface area contributed by atoms with Gasteiger partial charge in [-0.2, -0.15) is 11.8 Å². The standard InChI is InChI=1S/C17H19NOS2/c1-14-7-8-16(21-14)9-10-17(19)18-11-12-20-13-15-5-3-2-4-6-15/h2-10H,11-13H2,1H3,(H,18,19)/b10-9+. The Kier molecular flexibility index (Phi) is 6.57. The molecular weight excluding hydrogens is 298 g/mol. The van der Waals surface area contributed by atoms with E-state index in [0.717, 1.165) is 16.4 Å². The van der Waals surface area contributed by atoms with Crippen LogP contribution in [0, 0.1) is 6.92 Å². The van der Waals surface area contributed by atoms with Gasteiger partial charge in [0.1, 0.15) is 0 Å². The van der Waals surface area contributed by atoms with Gasteiger partial charge >= 0.3 is 0 Å². The van der Waals surface area contributed by atoms with Crippen molar-refractivity contribution in [2.24, 2.45) is 0 Å². The van der Waals surface area contributed by atoms with E-state index in [0.29, 0.717) is 6.54 Å². The van der Waals surface area contributed by atoms with E-state index in [9.17, 15) is 4.79 Å². The predicted octanol–water partition coefficient (Wildman–Crippen LogP) is 4.12. The second-order valence-corrected chi connectivity index (χ2v) is 7.04. The van der Waals surface area contributed by atoms with Gasteiger partial charge in [0.15, 0.2) is 0 Å². The zero-order valence-electron chi connectivity index (χ0n) is 12.0. The molecule has 1 aromatic heterocycles. The molecule has 0 bridgehead atoms. The molecule has 21 heavy (non-hydrogen) atoms. The van der Waals surface area contributed by atoms with Gasteiger partial charge < -0.3 is 5.32 Å². The van der Waals surface area contributed by atoms with E-state index in [1.807, 2.05) is 30.0 Å². The monoisotopic (exact) mass is 317 g/mol. The smallest absolute Gasteiger partial charge is 0.244 e. The molecule has 2 rings (SSSR count). The topological polar surface area (TPSA) is 29.1 Å². The Hall–Kier alpha value is -1.52. The van der Waals surface area contributed by atoms with Crippen LogP contribution in [0.5, 0.6) is 0 Å². The SMILES string of the molecule is Cc1ccc(/C=C/C(=O)NCCSCc2ccccc2)s1. The van der Waals surface area contributed by atoms with E-state index in [1.165, 1.54) is 10.4 Å². The van der Waals surface area contributed by atoms with Crippen LogP contribution in [0.4, 0.5) is 0 Å². The Balaban J connectivity index is 1.60. The minimum absolute atomic E-state index is 0.0265. The van der Waals surface area contributed by atoms with Gasteiger partial charge in [-0.05, 0) is 30.7 Å². The lowest BCUT2D eigenvalue weighted by atomic mass is 10.2. The maximum atomic E-state index is 11.7. The van der Waals surface area contributed by atoms with Gasteiger partial charge in [-0.1, -0.05) is 30.3 Å². The molecule has 0 spiro atoms. The Labute approximate surface area is 134 Å². The highest BCUT2D eigenvalue weighted by Crippen LogP contribution is 2.16. The quantitative estimate of drug-likeness (QED) is 0.615. The molecule has 1 amide bonds. The number of aryl methyl sites for hydroxylation is 1. The van der Waals surface area contributed by atoms with Crippen molar-refractivity contribution in [3.63, 3.8) is 0 Å². The summed E-state index contributed by atoms with van der Waals surface area (Å²) in [4.78, 5) is 14.0. The van der Waals surface area contributed by atoms with Crippen molar-refractivity contribution in [1.82, 2.24) is 5.32 Å². The molecule has 4 heteroatoms. The largest absolute Gasteiger partial charge is 0.352 e. The van der Waals surface area contributed by atoms with Crippen molar-refractivity contribution in [2.75, 3.05) is 12.3 Å². The third-order valence-electron chi connectivity index (χ3n) is 2.82. The summed E-state index contributed by atoms with van der Waals surface area (Å²) in [6.07, 6.45) is 3.47. The van der Waals surface area contributed by atoms with Crippen molar-refractivity contribution < 1.29 is 4.79 Å². The number of benzene rings is 1. The average Bonchev–Trinajstić information content (AvgIpc) is 2.91. The highest BCUT2D eigenvalue weighted by atomic mass is 32.2. The van der Waals surface area contributed by atoms with E-state index in [-0.39, 0.29) is 5.91 Å². The fourth-order valence-electron chi connectivity index (χ4n) is 1.77. The van der Waals surface area contributed by atoms with E-state index in [2.05, 4.69) is 42.6 Å². The molecule has 0 fully saturated rings. The highest BCUT2D eigenvalue weighted by Gasteiger charge is 1.97. The first-order valence-electron chi connectivity index (χ1n) is 6.88. The van der Waals surface area contributed by atoms with Crippen LogP contribution in [0.25, 0.3) is 6.08 Å². The lowest BCUT2D eigenvalue weighted by Crippen LogP contribution is -2.23. The lowest BCUT2D eigenvalue weighted by molar-refractivity contribution is -0.116. The summed E-state index contributed by atoms with van der Waals surface area (Å²) in [7, 11) is 0. The number of amides is 1. The summed E-state index contributed by atoms with van der Waals surface area (Å²) in [6, 6.07) is 14.5. The Morgan fingerprint density at radius 2 is 2.05 bits per heavy atom. The minimum atomic E-state index is -0.0265. The van der Waals surface area contributed by atoms with Crippen molar-refractivity contribution in [1.29, 1.82) is 0 Å². The van der Waals surface area contributed by atoms with Gasteiger partial charge in [-0.3, -0.25) is 4.79 Å². The number of carbonyl (C=O) groups excluding carboxylic acids is 1. The number of carbonyl (C=O) groups is 1. The van der Waals surface area contributed by atoms with E-state index < -0.39 is 0 Å².